The van der Waals surface area contributed by atoms with Gasteiger partial charge in [0, 0.05) is 42.7 Å². The number of hydrogen-bond acceptors (Lipinski definition) is 6. The lowest BCUT2D eigenvalue weighted by Crippen LogP contribution is -2.47. The number of thiophene rings is 1. The molecule has 1 atom stereocenters. The van der Waals surface area contributed by atoms with E-state index in [9.17, 15) is 8.78 Å². The molecule has 0 amide bonds. The van der Waals surface area contributed by atoms with Gasteiger partial charge in [-0.2, -0.15) is 9.49 Å². The summed E-state index contributed by atoms with van der Waals surface area (Å²) < 4.78 is 35.0. The average Bonchev–Trinajstić information content (AvgIpc) is 3.32. The summed E-state index contributed by atoms with van der Waals surface area (Å²) in [6, 6.07) is 6.95. The third-order valence-electron chi connectivity index (χ3n) is 7.16. The van der Waals surface area contributed by atoms with Crippen molar-refractivity contribution in [1.29, 1.82) is 0 Å². The number of anilines is 1. The zero-order valence-corrected chi connectivity index (χ0v) is 20.4. The van der Waals surface area contributed by atoms with Crippen molar-refractivity contribution in [3.05, 3.63) is 51.2 Å². The zero-order chi connectivity index (χ0) is 23.2. The molecule has 0 N–H and O–H groups in total. The normalized spacial score (nSPS) is 22.8. The van der Waals surface area contributed by atoms with E-state index in [0.29, 0.717) is 25.4 Å². The molecular formula is C25H32F2N4OS. The van der Waals surface area contributed by atoms with Crippen molar-refractivity contribution in [3.63, 3.8) is 0 Å². The second kappa shape index (κ2) is 9.06. The molecule has 3 aliphatic rings. The summed E-state index contributed by atoms with van der Waals surface area (Å²) in [5.74, 6) is 0.0350. The van der Waals surface area contributed by atoms with Crippen LogP contribution in [0.2, 0.25) is 0 Å². The van der Waals surface area contributed by atoms with E-state index in [1.54, 1.807) is 12.1 Å². The molecule has 1 spiro atoms. The molecule has 0 saturated carbocycles. The predicted octanol–water partition coefficient (Wildman–Crippen LogP) is 4.46. The molecule has 5 rings (SSSR count). The van der Waals surface area contributed by atoms with Crippen LogP contribution < -0.4 is 5.01 Å². The Hall–Kier alpha value is -1.87. The van der Waals surface area contributed by atoms with E-state index in [-0.39, 0.29) is 22.5 Å². The number of hydrazone groups is 1. The topological polar surface area (TPSA) is 31.3 Å². The van der Waals surface area contributed by atoms with Crippen molar-refractivity contribution < 1.29 is 13.5 Å². The van der Waals surface area contributed by atoms with Gasteiger partial charge in [0.2, 0.25) is 0 Å². The first-order valence-corrected chi connectivity index (χ1v) is 12.6. The Morgan fingerprint density at radius 2 is 2.03 bits per heavy atom. The van der Waals surface area contributed by atoms with E-state index >= 15 is 0 Å². The molecule has 0 aliphatic carbocycles. The fraction of sp³-hybridized carbons (Fsp3) is 0.560. The summed E-state index contributed by atoms with van der Waals surface area (Å²) in [5, 5.41) is 6.50. The number of piperidine rings is 1. The maximum absolute atomic E-state index is 14.8. The number of ether oxygens (including phenoxy) is 1. The molecule has 1 saturated heterocycles. The third kappa shape index (κ3) is 4.46. The fourth-order valence-corrected chi connectivity index (χ4v) is 6.61. The number of rotatable bonds is 5. The quantitative estimate of drug-likeness (QED) is 0.640. The van der Waals surface area contributed by atoms with Crippen molar-refractivity contribution in [2.45, 2.75) is 38.3 Å². The minimum absolute atomic E-state index is 0.105. The van der Waals surface area contributed by atoms with Crippen LogP contribution in [0.1, 0.15) is 35.8 Å². The van der Waals surface area contributed by atoms with Crippen LogP contribution in [-0.4, -0.2) is 62.4 Å². The predicted molar refractivity (Wildman–Crippen MR) is 129 cm³/mol. The zero-order valence-electron chi connectivity index (χ0n) is 19.6. The van der Waals surface area contributed by atoms with E-state index in [1.807, 2.05) is 37.0 Å². The van der Waals surface area contributed by atoms with Crippen LogP contribution in [-0.2, 0) is 23.3 Å². The molecule has 4 heterocycles. The number of likely N-dealkylation sites (tertiary alicyclic amines) is 1. The Bertz CT molecular complexity index is 1050. The SMILES string of the molecule is CC1=NN(c2c(F)cccc2CN(C)C)CC1CN1CCC2(CC1)OCCc1cc(F)sc12. The molecule has 1 fully saturated rings. The molecular weight excluding hydrogens is 442 g/mol. The highest BCUT2D eigenvalue weighted by Gasteiger charge is 2.43. The van der Waals surface area contributed by atoms with E-state index in [4.69, 9.17) is 9.84 Å². The van der Waals surface area contributed by atoms with Gasteiger partial charge >= 0.3 is 0 Å². The molecule has 1 aromatic heterocycles. The summed E-state index contributed by atoms with van der Waals surface area (Å²) in [4.78, 5) is 5.61. The lowest BCUT2D eigenvalue weighted by molar-refractivity contribution is -0.0955. The van der Waals surface area contributed by atoms with Gasteiger partial charge in [0.05, 0.1) is 18.8 Å². The monoisotopic (exact) mass is 474 g/mol. The van der Waals surface area contributed by atoms with Crippen molar-refractivity contribution >= 4 is 22.7 Å². The van der Waals surface area contributed by atoms with Crippen LogP contribution in [0.4, 0.5) is 14.5 Å². The van der Waals surface area contributed by atoms with Gasteiger partial charge in [-0.05, 0) is 63.5 Å². The Kier molecular flexibility index (Phi) is 6.29. The van der Waals surface area contributed by atoms with Gasteiger partial charge in [-0.1, -0.05) is 12.1 Å². The fourth-order valence-electron chi connectivity index (χ4n) is 5.47. The van der Waals surface area contributed by atoms with Crippen molar-refractivity contribution in [2.24, 2.45) is 11.0 Å². The van der Waals surface area contributed by atoms with Crippen LogP contribution in [0, 0.1) is 16.9 Å². The Balaban J connectivity index is 1.25. The highest BCUT2D eigenvalue weighted by atomic mass is 32.1. The van der Waals surface area contributed by atoms with E-state index < -0.39 is 0 Å². The molecule has 33 heavy (non-hydrogen) atoms. The molecule has 1 unspecified atom stereocenters. The molecule has 178 valence electrons. The van der Waals surface area contributed by atoms with Crippen LogP contribution >= 0.6 is 11.3 Å². The molecule has 1 aromatic carbocycles. The van der Waals surface area contributed by atoms with E-state index in [1.165, 1.54) is 17.4 Å². The number of para-hydroxylation sites is 1. The summed E-state index contributed by atoms with van der Waals surface area (Å²) >= 11 is 1.26. The molecule has 0 radical (unpaired) electrons. The van der Waals surface area contributed by atoms with Crippen LogP contribution in [0.3, 0.4) is 0 Å². The summed E-state index contributed by atoms with van der Waals surface area (Å²) in [6.07, 6.45) is 2.57. The minimum Gasteiger partial charge on any atom is -0.369 e. The van der Waals surface area contributed by atoms with Gasteiger partial charge in [0.15, 0.2) is 5.13 Å². The maximum atomic E-state index is 14.8. The number of fused-ring (bicyclic) bond motifs is 2. The second-order valence-electron chi connectivity index (χ2n) is 9.80. The number of halogens is 2. The lowest BCUT2D eigenvalue weighted by Gasteiger charge is -2.44. The Morgan fingerprint density at radius 3 is 2.79 bits per heavy atom. The standard InChI is InChI=1S/C25H32F2N4OS/c1-17-20(16-31(28-17)23-19(14-29(2)3)5-4-6-21(23)26)15-30-10-8-25(9-11-30)24-18(7-12-32-25)13-22(27)33-24/h4-6,13,20H,7-12,14-16H2,1-3H3. The first kappa shape index (κ1) is 22.9. The minimum atomic E-state index is -0.321. The van der Waals surface area contributed by atoms with Gasteiger partial charge in [0.1, 0.15) is 11.4 Å². The number of benzene rings is 1. The Morgan fingerprint density at radius 1 is 1.24 bits per heavy atom. The van der Waals surface area contributed by atoms with Gasteiger partial charge in [-0.25, -0.2) is 4.39 Å². The highest BCUT2D eigenvalue weighted by Crippen LogP contribution is 2.45. The summed E-state index contributed by atoms with van der Waals surface area (Å²) in [7, 11) is 3.98. The number of nitrogens with zero attached hydrogens (tertiary/aromatic N) is 4. The first-order chi connectivity index (χ1) is 15.8. The molecule has 2 aromatic rings. The van der Waals surface area contributed by atoms with Gasteiger partial charge < -0.3 is 14.5 Å². The van der Waals surface area contributed by atoms with Crippen LogP contribution in [0.15, 0.2) is 29.4 Å². The van der Waals surface area contributed by atoms with Crippen molar-refractivity contribution in [3.8, 4) is 0 Å². The van der Waals surface area contributed by atoms with Crippen LogP contribution in [0.5, 0.6) is 0 Å². The van der Waals surface area contributed by atoms with E-state index in [0.717, 1.165) is 60.6 Å². The number of hydrogen-bond donors (Lipinski definition) is 0. The van der Waals surface area contributed by atoms with Crippen molar-refractivity contribution in [2.75, 3.05) is 51.9 Å². The van der Waals surface area contributed by atoms with Crippen molar-refractivity contribution in [1.82, 2.24) is 9.80 Å². The first-order valence-electron chi connectivity index (χ1n) is 11.7. The second-order valence-corrected chi connectivity index (χ2v) is 10.8. The molecule has 3 aliphatic heterocycles. The molecule has 0 bridgehead atoms. The average molecular weight is 475 g/mol. The maximum Gasteiger partial charge on any atom is 0.177 e. The lowest BCUT2D eigenvalue weighted by atomic mass is 9.85. The van der Waals surface area contributed by atoms with E-state index in [2.05, 4.69) is 4.90 Å². The smallest absolute Gasteiger partial charge is 0.177 e. The Labute approximate surface area is 198 Å². The van der Waals surface area contributed by atoms with Gasteiger partial charge in [0.25, 0.3) is 0 Å². The molecule has 8 heteroatoms. The largest absolute Gasteiger partial charge is 0.369 e. The molecule has 5 nitrogen and oxygen atoms in total. The summed E-state index contributed by atoms with van der Waals surface area (Å²) in [5.41, 5.74) is 3.40. The third-order valence-corrected chi connectivity index (χ3v) is 8.31. The highest BCUT2D eigenvalue weighted by molar-refractivity contribution is 7.10. The summed E-state index contributed by atoms with van der Waals surface area (Å²) in [6.45, 7) is 6.79. The van der Waals surface area contributed by atoms with Gasteiger partial charge in [-0.3, -0.25) is 5.01 Å². The van der Waals surface area contributed by atoms with Crippen LogP contribution in [0.25, 0.3) is 0 Å². The van der Waals surface area contributed by atoms with Gasteiger partial charge in [-0.15, -0.1) is 11.3 Å².